The topological polar surface area (TPSA) is 58.6 Å². The van der Waals surface area contributed by atoms with Gasteiger partial charge >= 0.3 is 0 Å². The molecule has 1 aliphatic rings. The Bertz CT molecular complexity index is 811. The summed E-state index contributed by atoms with van der Waals surface area (Å²) < 4.78 is 5.76. The van der Waals surface area contributed by atoms with E-state index in [2.05, 4.69) is 12.2 Å². The summed E-state index contributed by atoms with van der Waals surface area (Å²) in [6.07, 6.45) is 3.50. The largest absolute Gasteiger partial charge is 0.481 e. The van der Waals surface area contributed by atoms with Gasteiger partial charge in [-0.3, -0.25) is 9.59 Å². The van der Waals surface area contributed by atoms with E-state index in [0.717, 1.165) is 38.8 Å². The smallest absolute Gasteiger partial charge is 0.265 e. The fourth-order valence-electron chi connectivity index (χ4n) is 3.34. The fourth-order valence-corrected chi connectivity index (χ4v) is 3.34. The van der Waals surface area contributed by atoms with Gasteiger partial charge in [0.05, 0.1) is 11.3 Å². The minimum Gasteiger partial charge on any atom is -0.481 e. The Labute approximate surface area is 166 Å². The Balaban J connectivity index is 1.66. The molecule has 1 unspecified atom stereocenters. The van der Waals surface area contributed by atoms with E-state index < -0.39 is 6.10 Å². The van der Waals surface area contributed by atoms with Crippen LogP contribution in [0, 0.1) is 0 Å². The number of ether oxygens (including phenoxy) is 1. The number of anilines is 1. The van der Waals surface area contributed by atoms with E-state index in [1.54, 1.807) is 19.1 Å². The number of carbonyl (C=O) groups is 2. The second-order valence-corrected chi connectivity index (χ2v) is 7.15. The number of aryl methyl sites for hydroxylation is 1. The second-order valence-electron chi connectivity index (χ2n) is 7.15. The molecule has 0 aromatic heterocycles. The first-order valence-corrected chi connectivity index (χ1v) is 10.0. The highest BCUT2D eigenvalue weighted by Crippen LogP contribution is 2.21. The van der Waals surface area contributed by atoms with Crippen molar-refractivity contribution in [1.82, 2.24) is 4.90 Å². The van der Waals surface area contributed by atoms with Crippen molar-refractivity contribution in [2.75, 3.05) is 18.4 Å². The summed E-state index contributed by atoms with van der Waals surface area (Å²) in [5, 5.41) is 2.86. The van der Waals surface area contributed by atoms with E-state index in [4.69, 9.17) is 4.74 Å². The molecule has 0 bridgehead atoms. The van der Waals surface area contributed by atoms with Crippen LogP contribution in [0.4, 0.5) is 5.69 Å². The van der Waals surface area contributed by atoms with Crippen molar-refractivity contribution in [2.45, 2.75) is 45.6 Å². The summed E-state index contributed by atoms with van der Waals surface area (Å²) in [6, 6.07) is 14.9. The highest BCUT2D eigenvalue weighted by molar-refractivity contribution is 6.04. The minimum atomic E-state index is -0.675. The maximum Gasteiger partial charge on any atom is 0.265 e. The number of carbonyl (C=O) groups excluding carboxylic acids is 2. The molecule has 0 saturated carbocycles. The van der Waals surface area contributed by atoms with Crippen LogP contribution in [-0.4, -0.2) is 35.9 Å². The normalized spacial score (nSPS) is 15.0. The zero-order valence-corrected chi connectivity index (χ0v) is 16.6. The summed E-state index contributed by atoms with van der Waals surface area (Å²) in [5.74, 6) is 0.343. The van der Waals surface area contributed by atoms with Crippen LogP contribution >= 0.6 is 0 Å². The predicted molar refractivity (Wildman–Crippen MR) is 111 cm³/mol. The molecule has 148 valence electrons. The van der Waals surface area contributed by atoms with Gasteiger partial charge in [-0.05, 0) is 62.4 Å². The molecule has 2 amide bonds. The molecule has 5 heteroatoms. The van der Waals surface area contributed by atoms with Gasteiger partial charge in [0.15, 0.2) is 6.10 Å². The number of hydrogen-bond donors (Lipinski definition) is 1. The van der Waals surface area contributed by atoms with E-state index in [1.165, 1.54) is 5.56 Å². The number of nitrogens with one attached hydrogen (secondary N) is 1. The van der Waals surface area contributed by atoms with E-state index in [1.807, 2.05) is 41.3 Å². The molecule has 1 fully saturated rings. The van der Waals surface area contributed by atoms with Crippen molar-refractivity contribution >= 4 is 17.5 Å². The summed E-state index contributed by atoms with van der Waals surface area (Å²) >= 11 is 0. The van der Waals surface area contributed by atoms with Crippen LogP contribution in [0.3, 0.4) is 0 Å². The van der Waals surface area contributed by atoms with Gasteiger partial charge < -0.3 is 15.0 Å². The molecule has 2 aromatic carbocycles. The number of likely N-dealkylation sites (tertiary alicyclic amines) is 1. The third kappa shape index (κ3) is 4.91. The maximum absolute atomic E-state index is 12.9. The molecule has 1 heterocycles. The van der Waals surface area contributed by atoms with Gasteiger partial charge in [0.25, 0.3) is 11.8 Å². The number of amides is 2. The van der Waals surface area contributed by atoms with Crippen molar-refractivity contribution < 1.29 is 14.3 Å². The first kappa shape index (κ1) is 19.9. The van der Waals surface area contributed by atoms with Crippen LogP contribution < -0.4 is 10.1 Å². The zero-order chi connectivity index (χ0) is 19.9. The third-order valence-electron chi connectivity index (χ3n) is 5.07. The maximum atomic E-state index is 12.9. The number of hydrogen-bond acceptors (Lipinski definition) is 3. The summed E-state index contributed by atoms with van der Waals surface area (Å²) in [7, 11) is 0. The molecule has 0 radical (unpaired) electrons. The monoisotopic (exact) mass is 380 g/mol. The molecular formula is C23H28N2O3. The van der Waals surface area contributed by atoms with Gasteiger partial charge in [-0.15, -0.1) is 0 Å². The molecule has 1 atom stereocenters. The van der Waals surface area contributed by atoms with Crippen LogP contribution in [0.25, 0.3) is 0 Å². The van der Waals surface area contributed by atoms with E-state index in [0.29, 0.717) is 17.0 Å². The number of nitrogens with zero attached hydrogens (tertiary/aromatic N) is 1. The Morgan fingerprint density at radius 1 is 1.04 bits per heavy atom. The third-order valence-corrected chi connectivity index (χ3v) is 5.07. The first-order chi connectivity index (χ1) is 13.6. The second kappa shape index (κ2) is 9.40. The lowest BCUT2D eigenvalue weighted by Crippen LogP contribution is -2.36. The fraction of sp³-hybridized carbons (Fsp3) is 0.391. The van der Waals surface area contributed by atoms with Gasteiger partial charge in [0.2, 0.25) is 0 Å². The van der Waals surface area contributed by atoms with Crippen molar-refractivity contribution in [3.8, 4) is 5.75 Å². The molecule has 1 saturated heterocycles. The van der Waals surface area contributed by atoms with Crippen molar-refractivity contribution in [3.63, 3.8) is 0 Å². The van der Waals surface area contributed by atoms with E-state index in [-0.39, 0.29) is 11.8 Å². The molecular weight excluding hydrogens is 352 g/mol. The Morgan fingerprint density at radius 3 is 2.39 bits per heavy atom. The van der Waals surface area contributed by atoms with Crippen molar-refractivity contribution in [2.24, 2.45) is 0 Å². The lowest BCUT2D eigenvalue weighted by Gasteiger charge is -2.27. The number of rotatable bonds is 6. The number of benzene rings is 2. The van der Waals surface area contributed by atoms with Gasteiger partial charge in [0, 0.05) is 13.1 Å². The van der Waals surface area contributed by atoms with Gasteiger partial charge in [0.1, 0.15) is 5.75 Å². The highest BCUT2D eigenvalue weighted by Gasteiger charge is 2.22. The molecule has 1 aliphatic heterocycles. The molecule has 0 spiro atoms. The molecule has 0 aliphatic carbocycles. The van der Waals surface area contributed by atoms with Gasteiger partial charge in [-0.25, -0.2) is 0 Å². The van der Waals surface area contributed by atoms with Crippen LogP contribution in [0.15, 0.2) is 48.5 Å². The van der Waals surface area contributed by atoms with Crippen molar-refractivity contribution in [1.29, 1.82) is 0 Å². The average Bonchev–Trinajstić information content (AvgIpc) is 2.74. The standard InChI is InChI=1S/C23H28N2O3/c1-3-18-11-13-19(14-12-18)28-17(2)22(26)24-21-10-6-5-9-20(21)23(27)25-15-7-4-8-16-25/h5-6,9-14,17H,3-4,7-8,15-16H2,1-2H3,(H,24,26). The van der Waals surface area contributed by atoms with Gasteiger partial charge in [-0.2, -0.15) is 0 Å². The van der Waals surface area contributed by atoms with Crippen LogP contribution in [0.2, 0.25) is 0 Å². The molecule has 28 heavy (non-hydrogen) atoms. The van der Waals surface area contributed by atoms with E-state index >= 15 is 0 Å². The minimum absolute atomic E-state index is 0.0284. The lowest BCUT2D eigenvalue weighted by molar-refractivity contribution is -0.122. The Hall–Kier alpha value is -2.82. The molecule has 1 N–H and O–H groups in total. The predicted octanol–water partition coefficient (Wildman–Crippen LogP) is 4.28. The molecule has 5 nitrogen and oxygen atoms in total. The summed E-state index contributed by atoms with van der Waals surface area (Å²) in [5.41, 5.74) is 2.27. The Morgan fingerprint density at radius 2 is 1.71 bits per heavy atom. The number of piperidine rings is 1. The lowest BCUT2D eigenvalue weighted by atomic mass is 10.1. The van der Waals surface area contributed by atoms with E-state index in [9.17, 15) is 9.59 Å². The van der Waals surface area contributed by atoms with Gasteiger partial charge in [-0.1, -0.05) is 31.2 Å². The van der Waals surface area contributed by atoms with Crippen LogP contribution in [0.5, 0.6) is 5.75 Å². The Kier molecular flexibility index (Phi) is 6.69. The quantitative estimate of drug-likeness (QED) is 0.814. The van der Waals surface area contributed by atoms with Crippen LogP contribution in [0.1, 0.15) is 49.0 Å². The number of para-hydroxylation sites is 1. The first-order valence-electron chi connectivity index (χ1n) is 10.0. The van der Waals surface area contributed by atoms with Crippen LogP contribution in [-0.2, 0) is 11.2 Å². The highest BCUT2D eigenvalue weighted by atomic mass is 16.5. The molecule has 3 rings (SSSR count). The summed E-state index contributed by atoms with van der Waals surface area (Å²) in [4.78, 5) is 27.4. The average molecular weight is 380 g/mol. The SMILES string of the molecule is CCc1ccc(OC(C)C(=O)Nc2ccccc2C(=O)N2CCCCC2)cc1. The summed E-state index contributed by atoms with van der Waals surface area (Å²) in [6.45, 7) is 5.34. The van der Waals surface area contributed by atoms with Crippen molar-refractivity contribution in [3.05, 3.63) is 59.7 Å². The molecule has 2 aromatic rings. The zero-order valence-electron chi connectivity index (χ0n) is 16.6.